The highest BCUT2D eigenvalue weighted by atomic mass is 35.5. The van der Waals surface area contributed by atoms with Crippen LogP contribution in [0.25, 0.3) is 0 Å². The van der Waals surface area contributed by atoms with Crippen molar-refractivity contribution in [3.05, 3.63) is 16.8 Å². The van der Waals surface area contributed by atoms with Crippen LogP contribution in [0.1, 0.15) is 25.3 Å². The van der Waals surface area contributed by atoms with Gasteiger partial charge in [0.05, 0.1) is 37.3 Å². The topological polar surface area (TPSA) is 108 Å². The number of nitrogens with zero attached hydrogens (tertiary/aromatic N) is 3. The fraction of sp³-hybridized carbons (Fsp3) is 0.696. The lowest BCUT2D eigenvalue weighted by Gasteiger charge is -2.41. The molecule has 2 saturated heterocycles. The Kier molecular flexibility index (Phi) is 8.66. The van der Waals surface area contributed by atoms with Crippen LogP contribution in [0.3, 0.4) is 0 Å². The van der Waals surface area contributed by atoms with Gasteiger partial charge < -0.3 is 24.6 Å². The molecular weight excluding hydrogens is 517 g/mol. The van der Waals surface area contributed by atoms with Crippen molar-refractivity contribution in [3.63, 3.8) is 0 Å². The number of rotatable bonds is 7. The van der Waals surface area contributed by atoms with Crippen molar-refractivity contribution < 1.29 is 32.2 Å². The van der Waals surface area contributed by atoms with Gasteiger partial charge in [-0.15, -0.1) is 0 Å². The Balaban J connectivity index is 1.22. The van der Waals surface area contributed by atoms with E-state index in [0.717, 1.165) is 17.8 Å². The third-order valence-corrected chi connectivity index (χ3v) is 7.29. The van der Waals surface area contributed by atoms with Gasteiger partial charge in [0.2, 0.25) is 11.8 Å². The van der Waals surface area contributed by atoms with E-state index in [9.17, 15) is 22.8 Å². The molecule has 1 aromatic rings. The Morgan fingerprint density at radius 2 is 2.19 bits per heavy atom. The molecule has 10 nitrogen and oxygen atoms in total. The molecule has 2 fully saturated rings. The summed E-state index contributed by atoms with van der Waals surface area (Å²) >= 11 is 6.20. The highest BCUT2D eigenvalue weighted by Crippen LogP contribution is 2.38. The number of anilines is 1. The van der Waals surface area contributed by atoms with Gasteiger partial charge in [0.1, 0.15) is 0 Å². The van der Waals surface area contributed by atoms with Gasteiger partial charge in [-0.2, -0.15) is 13.2 Å². The Hall–Kier alpha value is -2.35. The van der Waals surface area contributed by atoms with E-state index in [0.29, 0.717) is 37.0 Å². The van der Waals surface area contributed by atoms with E-state index in [1.54, 1.807) is 18.0 Å². The summed E-state index contributed by atoms with van der Waals surface area (Å²) < 4.78 is 51.3. The smallest absolute Gasteiger partial charge is 0.402 e. The van der Waals surface area contributed by atoms with Crippen LogP contribution in [0.2, 0.25) is 5.02 Å². The number of carbonyl (C=O) groups is 2. The lowest BCUT2D eigenvalue weighted by Crippen LogP contribution is -2.64. The van der Waals surface area contributed by atoms with E-state index in [4.69, 9.17) is 21.1 Å². The summed E-state index contributed by atoms with van der Waals surface area (Å²) in [6, 6.07) is -1.50. The van der Waals surface area contributed by atoms with Crippen LogP contribution >= 0.6 is 11.6 Å². The van der Waals surface area contributed by atoms with Crippen LogP contribution < -0.4 is 25.8 Å². The van der Waals surface area contributed by atoms with Crippen LogP contribution in [0.4, 0.5) is 19.0 Å². The number of carbonyl (C=O) groups excluding carboxylic acids is 2. The minimum atomic E-state index is -4.66. The molecule has 3 aliphatic heterocycles. The number of hydrogen-bond donors (Lipinski definition) is 3. The number of amides is 2. The van der Waals surface area contributed by atoms with Crippen molar-refractivity contribution in [2.24, 2.45) is 5.92 Å². The van der Waals surface area contributed by atoms with Gasteiger partial charge >= 0.3 is 6.18 Å². The summed E-state index contributed by atoms with van der Waals surface area (Å²) in [4.78, 5) is 33.0. The van der Waals surface area contributed by atoms with E-state index >= 15 is 0 Å². The molecule has 37 heavy (non-hydrogen) atoms. The Bertz CT molecular complexity index is 1000. The molecule has 2 unspecified atom stereocenters. The lowest BCUT2D eigenvalue weighted by molar-refractivity contribution is -0.193. The molecule has 1 aromatic heterocycles. The normalized spacial score (nSPS) is 24.9. The van der Waals surface area contributed by atoms with E-state index in [1.165, 1.54) is 0 Å². The average Bonchev–Trinajstić information content (AvgIpc) is 3.02. The maximum absolute atomic E-state index is 13.3. The third kappa shape index (κ3) is 6.39. The van der Waals surface area contributed by atoms with Crippen LogP contribution in [0.15, 0.2) is 6.20 Å². The van der Waals surface area contributed by atoms with Gasteiger partial charge in [-0.05, 0) is 13.8 Å². The lowest BCUT2D eigenvalue weighted by atomic mass is 9.96. The molecule has 206 valence electrons. The predicted octanol–water partition coefficient (Wildman–Crippen LogP) is 1.41. The van der Waals surface area contributed by atoms with Crippen molar-refractivity contribution in [2.75, 3.05) is 50.9 Å². The van der Waals surface area contributed by atoms with Crippen molar-refractivity contribution in [3.8, 4) is 5.75 Å². The first-order valence-corrected chi connectivity index (χ1v) is 12.7. The van der Waals surface area contributed by atoms with Gasteiger partial charge in [-0.25, -0.2) is 10.4 Å². The van der Waals surface area contributed by atoms with Crippen LogP contribution in [-0.4, -0.2) is 92.0 Å². The molecule has 0 spiro atoms. The molecule has 0 aliphatic carbocycles. The summed E-state index contributed by atoms with van der Waals surface area (Å²) in [7, 11) is 0. The number of pyridine rings is 1. The summed E-state index contributed by atoms with van der Waals surface area (Å²) in [5.41, 5.74) is 5.35. The quantitative estimate of drug-likeness (QED) is 0.439. The largest absolute Gasteiger partial charge is 0.489 e. The van der Waals surface area contributed by atoms with E-state index in [-0.39, 0.29) is 38.1 Å². The summed E-state index contributed by atoms with van der Waals surface area (Å²) in [5, 5.41) is 3.37. The monoisotopic (exact) mass is 548 g/mol. The molecule has 4 atom stereocenters. The standard InChI is InChI=1S/C23H32ClF3N6O4/c1-13(30-17-10-29-31-22(35)19(17)23(25,26)27)12-36-7-4-18(34)32-5-6-33-15(11-32)3-8-37-20-14(2)16(24)9-28-21(20)33/h9,13,15,17,19,29-30H,3-8,10-12H2,1-2H3,(H,31,35)/t13-,15+,17?,19?/m0/s1. The second kappa shape index (κ2) is 11.6. The minimum absolute atomic E-state index is 0.0452. The summed E-state index contributed by atoms with van der Waals surface area (Å²) in [5.74, 6) is -1.87. The van der Waals surface area contributed by atoms with Crippen molar-refractivity contribution in [1.82, 2.24) is 26.1 Å². The number of nitrogens with one attached hydrogen (secondary N) is 3. The molecule has 3 N–H and O–H groups in total. The predicted molar refractivity (Wildman–Crippen MR) is 129 cm³/mol. The van der Waals surface area contributed by atoms with Gasteiger partial charge in [0, 0.05) is 56.4 Å². The fourth-order valence-corrected chi connectivity index (χ4v) is 5.12. The number of hydrazine groups is 1. The number of fused-ring (bicyclic) bond motifs is 3. The zero-order chi connectivity index (χ0) is 26.7. The van der Waals surface area contributed by atoms with Gasteiger partial charge in [-0.1, -0.05) is 11.6 Å². The highest BCUT2D eigenvalue weighted by molar-refractivity contribution is 6.31. The maximum atomic E-state index is 13.3. The maximum Gasteiger partial charge on any atom is 0.402 e. The number of halogens is 4. The van der Waals surface area contributed by atoms with Crippen LogP contribution in [0.5, 0.6) is 5.75 Å². The molecule has 0 bridgehead atoms. The first kappa shape index (κ1) is 27.7. The molecule has 0 radical (unpaired) electrons. The van der Waals surface area contributed by atoms with Crippen LogP contribution in [0, 0.1) is 12.8 Å². The Morgan fingerprint density at radius 1 is 1.41 bits per heavy atom. The molecule has 14 heteroatoms. The number of hydrogen-bond acceptors (Lipinski definition) is 8. The van der Waals surface area contributed by atoms with E-state index in [1.807, 2.05) is 12.3 Å². The summed E-state index contributed by atoms with van der Waals surface area (Å²) in [6.45, 7) is 5.95. The zero-order valence-corrected chi connectivity index (χ0v) is 21.5. The first-order valence-electron chi connectivity index (χ1n) is 12.3. The minimum Gasteiger partial charge on any atom is -0.489 e. The first-order chi connectivity index (χ1) is 17.6. The average molecular weight is 549 g/mol. The van der Waals surface area contributed by atoms with Gasteiger partial charge in [0.15, 0.2) is 17.5 Å². The molecular formula is C23H32ClF3N6O4. The number of piperazine rings is 1. The van der Waals surface area contributed by atoms with Gasteiger partial charge in [0.25, 0.3) is 0 Å². The van der Waals surface area contributed by atoms with Crippen molar-refractivity contribution in [1.29, 1.82) is 0 Å². The molecule has 0 saturated carbocycles. The molecule has 4 heterocycles. The number of alkyl halides is 3. The molecule has 4 rings (SSSR count). The second-order valence-electron chi connectivity index (χ2n) is 9.60. The SMILES string of the molecule is Cc1c(Cl)cnc2c1OCC[C@@H]1CN(C(=O)CCOC[C@H](C)NC3CNNC(=O)C3C(F)(F)F)CCN21. The van der Waals surface area contributed by atoms with E-state index < -0.39 is 30.1 Å². The van der Waals surface area contributed by atoms with Crippen LogP contribution in [-0.2, 0) is 14.3 Å². The Labute approximate surface area is 218 Å². The molecule has 3 aliphatic rings. The molecule has 2 amide bonds. The fourth-order valence-electron chi connectivity index (χ4n) is 4.98. The summed E-state index contributed by atoms with van der Waals surface area (Å²) in [6.07, 6.45) is -2.13. The second-order valence-corrected chi connectivity index (χ2v) is 10.0. The molecule has 0 aromatic carbocycles. The van der Waals surface area contributed by atoms with Gasteiger partial charge in [-0.3, -0.25) is 15.0 Å². The zero-order valence-electron chi connectivity index (χ0n) is 20.7. The van der Waals surface area contributed by atoms with Crippen molar-refractivity contribution >= 4 is 29.2 Å². The van der Waals surface area contributed by atoms with E-state index in [2.05, 4.69) is 20.6 Å². The third-order valence-electron chi connectivity index (χ3n) is 6.90. The van der Waals surface area contributed by atoms with Crippen molar-refractivity contribution in [2.45, 2.75) is 51.0 Å². The number of ether oxygens (including phenoxy) is 2. The highest BCUT2D eigenvalue weighted by Gasteiger charge is 2.51. The number of aromatic nitrogens is 1. The Morgan fingerprint density at radius 3 is 2.95 bits per heavy atom.